The second kappa shape index (κ2) is 3.71. The molecule has 1 fully saturated rings. The maximum absolute atomic E-state index is 11.5. The molecule has 0 bridgehead atoms. The number of esters is 1. The molecular formula is C11H18O3. The number of methoxy groups -OCH3 is 1. The van der Waals surface area contributed by atoms with Crippen LogP contribution in [0.15, 0.2) is 0 Å². The van der Waals surface area contributed by atoms with Crippen molar-refractivity contribution >= 4 is 11.8 Å². The zero-order valence-corrected chi connectivity index (χ0v) is 9.29. The minimum absolute atomic E-state index is 0.0552. The maximum Gasteiger partial charge on any atom is 0.309 e. The Morgan fingerprint density at radius 1 is 1.50 bits per heavy atom. The SMILES string of the molecule is COC(=O)[C@@H]1CCC(=O)[C@H](C)C1(C)C. The molecule has 0 amide bonds. The third kappa shape index (κ3) is 1.68. The Labute approximate surface area is 84.8 Å². The molecule has 1 aliphatic rings. The van der Waals surface area contributed by atoms with Gasteiger partial charge < -0.3 is 4.74 Å². The Kier molecular flexibility index (Phi) is 2.98. The van der Waals surface area contributed by atoms with Crippen LogP contribution in [0.4, 0.5) is 0 Å². The van der Waals surface area contributed by atoms with E-state index < -0.39 is 0 Å². The molecule has 0 aliphatic heterocycles. The topological polar surface area (TPSA) is 43.4 Å². The van der Waals surface area contributed by atoms with Crippen LogP contribution in [0.2, 0.25) is 0 Å². The highest BCUT2D eigenvalue weighted by Gasteiger charge is 2.46. The summed E-state index contributed by atoms with van der Waals surface area (Å²) in [6.45, 7) is 5.84. The lowest BCUT2D eigenvalue weighted by Gasteiger charge is -2.40. The lowest BCUT2D eigenvalue weighted by molar-refractivity contribution is -0.155. The molecule has 0 N–H and O–H groups in total. The van der Waals surface area contributed by atoms with Crippen molar-refractivity contribution in [3.8, 4) is 0 Å². The lowest BCUT2D eigenvalue weighted by Crippen LogP contribution is -2.44. The fourth-order valence-corrected chi connectivity index (χ4v) is 2.16. The van der Waals surface area contributed by atoms with Crippen LogP contribution >= 0.6 is 0 Å². The number of hydrogen-bond donors (Lipinski definition) is 0. The zero-order chi connectivity index (χ0) is 10.9. The van der Waals surface area contributed by atoms with Gasteiger partial charge in [0.25, 0.3) is 0 Å². The van der Waals surface area contributed by atoms with E-state index >= 15 is 0 Å². The van der Waals surface area contributed by atoms with E-state index in [-0.39, 0.29) is 29.0 Å². The minimum atomic E-state index is -0.275. The van der Waals surface area contributed by atoms with E-state index in [1.165, 1.54) is 7.11 Å². The molecule has 80 valence electrons. The second-order valence-electron chi connectivity index (χ2n) is 4.62. The summed E-state index contributed by atoms with van der Waals surface area (Å²) in [6.07, 6.45) is 1.13. The summed E-state index contributed by atoms with van der Waals surface area (Å²) < 4.78 is 4.76. The van der Waals surface area contributed by atoms with Crippen LogP contribution in [0.25, 0.3) is 0 Å². The number of rotatable bonds is 1. The highest BCUT2D eigenvalue weighted by Crippen LogP contribution is 2.43. The fourth-order valence-electron chi connectivity index (χ4n) is 2.16. The van der Waals surface area contributed by atoms with Crippen molar-refractivity contribution in [2.24, 2.45) is 17.3 Å². The van der Waals surface area contributed by atoms with Crippen molar-refractivity contribution in [1.29, 1.82) is 0 Å². The van der Waals surface area contributed by atoms with Crippen molar-refractivity contribution in [3.63, 3.8) is 0 Å². The molecule has 0 aromatic rings. The van der Waals surface area contributed by atoms with E-state index in [1.54, 1.807) is 0 Å². The summed E-state index contributed by atoms with van der Waals surface area (Å²) in [6, 6.07) is 0. The van der Waals surface area contributed by atoms with Gasteiger partial charge in [0.1, 0.15) is 5.78 Å². The molecule has 2 atom stereocenters. The predicted molar refractivity (Wildman–Crippen MR) is 52.7 cm³/mol. The summed E-state index contributed by atoms with van der Waals surface area (Å²) in [4.78, 5) is 23.0. The molecular weight excluding hydrogens is 180 g/mol. The first-order valence-electron chi connectivity index (χ1n) is 5.01. The number of hydrogen-bond acceptors (Lipinski definition) is 3. The number of Topliss-reactive ketones (excluding diaryl/α,β-unsaturated/α-hetero) is 1. The van der Waals surface area contributed by atoms with Crippen molar-refractivity contribution in [2.75, 3.05) is 7.11 Å². The van der Waals surface area contributed by atoms with E-state index in [0.29, 0.717) is 12.8 Å². The van der Waals surface area contributed by atoms with Gasteiger partial charge in [0.05, 0.1) is 13.0 Å². The number of ether oxygens (including phenoxy) is 1. The van der Waals surface area contributed by atoms with Gasteiger partial charge in [-0.25, -0.2) is 0 Å². The number of carbonyl (C=O) groups excluding carboxylic acids is 2. The molecule has 0 aromatic carbocycles. The molecule has 1 rings (SSSR count). The third-order valence-corrected chi connectivity index (χ3v) is 3.66. The zero-order valence-electron chi connectivity index (χ0n) is 9.29. The molecule has 1 aliphatic carbocycles. The lowest BCUT2D eigenvalue weighted by atomic mass is 9.62. The van der Waals surface area contributed by atoms with Crippen molar-refractivity contribution in [1.82, 2.24) is 0 Å². The largest absolute Gasteiger partial charge is 0.469 e. The first-order chi connectivity index (χ1) is 6.41. The van der Waals surface area contributed by atoms with Gasteiger partial charge in [0.15, 0.2) is 0 Å². The molecule has 0 saturated heterocycles. The molecule has 0 unspecified atom stereocenters. The monoisotopic (exact) mass is 198 g/mol. The first kappa shape index (κ1) is 11.2. The van der Waals surface area contributed by atoms with E-state index in [2.05, 4.69) is 0 Å². The normalized spacial score (nSPS) is 31.3. The standard InChI is InChI=1S/C11H18O3/c1-7-9(12)6-5-8(10(13)14-4)11(7,2)3/h7-8H,5-6H2,1-4H3/t7-,8-/m0/s1. The van der Waals surface area contributed by atoms with Crippen molar-refractivity contribution in [2.45, 2.75) is 33.6 Å². The molecule has 0 aromatic heterocycles. The van der Waals surface area contributed by atoms with E-state index in [0.717, 1.165) is 0 Å². The summed E-state index contributed by atoms with van der Waals surface area (Å²) in [5, 5.41) is 0. The Hall–Kier alpha value is -0.860. The van der Waals surface area contributed by atoms with Crippen LogP contribution in [0, 0.1) is 17.3 Å². The van der Waals surface area contributed by atoms with Crippen molar-refractivity contribution < 1.29 is 14.3 Å². The summed E-state index contributed by atoms with van der Waals surface area (Å²) >= 11 is 0. The summed E-state index contributed by atoms with van der Waals surface area (Å²) in [5.41, 5.74) is -0.275. The molecule has 3 nitrogen and oxygen atoms in total. The smallest absolute Gasteiger partial charge is 0.309 e. The number of ketones is 1. The predicted octanol–water partition coefficient (Wildman–Crippen LogP) is 1.80. The van der Waals surface area contributed by atoms with Gasteiger partial charge in [-0.1, -0.05) is 20.8 Å². The van der Waals surface area contributed by atoms with Gasteiger partial charge >= 0.3 is 5.97 Å². The Bertz CT molecular complexity index is 255. The van der Waals surface area contributed by atoms with Crippen LogP contribution in [-0.2, 0) is 14.3 Å². The quantitative estimate of drug-likeness (QED) is 0.603. The third-order valence-electron chi connectivity index (χ3n) is 3.66. The molecule has 14 heavy (non-hydrogen) atoms. The second-order valence-corrected chi connectivity index (χ2v) is 4.62. The van der Waals surface area contributed by atoms with Gasteiger partial charge in [-0.2, -0.15) is 0 Å². The van der Waals surface area contributed by atoms with E-state index in [9.17, 15) is 9.59 Å². The fraction of sp³-hybridized carbons (Fsp3) is 0.818. The van der Waals surface area contributed by atoms with E-state index in [4.69, 9.17) is 4.74 Å². The summed E-state index contributed by atoms with van der Waals surface area (Å²) in [7, 11) is 1.40. The number of carbonyl (C=O) groups is 2. The first-order valence-corrected chi connectivity index (χ1v) is 5.01. The van der Waals surface area contributed by atoms with Gasteiger partial charge in [-0.05, 0) is 11.8 Å². The van der Waals surface area contributed by atoms with Gasteiger partial charge in [-0.15, -0.1) is 0 Å². The van der Waals surface area contributed by atoms with Gasteiger partial charge in [0, 0.05) is 12.3 Å². The van der Waals surface area contributed by atoms with Crippen molar-refractivity contribution in [3.05, 3.63) is 0 Å². The average Bonchev–Trinajstić information content (AvgIpc) is 2.13. The molecule has 1 saturated carbocycles. The van der Waals surface area contributed by atoms with Crippen LogP contribution in [0.5, 0.6) is 0 Å². The molecule has 3 heteroatoms. The van der Waals surface area contributed by atoms with Crippen LogP contribution in [0.1, 0.15) is 33.6 Å². The highest BCUT2D eigenvalue weighted by molar-refractivity contribution is 5.85. The molecule has 0 spiro atoms. The average molecular weight is 198 g/mol. The van der Waals surface area contributed by atoms with Crippen LogP contribution in [0.3, 0.4) is 0 Å². The molecule has 0 heterocycles. The highest BCUT2D eigenvalue weighted by atomic mass is 16.5. The van der Waals surface area contributed by atoms with E-state index in [1.807, 2.05) is 20.8 Å². The Morgan fingerprint density at radius 3 is 2.57 bits per heavy atom. The minimum Gasteiger partial charge on any atom is -0.469 e. The summed E-state index contributed by atoms with van der Waals surface area (Å²) in [5.74, 6) is -0.120. The Balaban J connectivity index is 2.89. The Morgan fingerprint density at radius 2 is 2.07 bits per heavy atom. The van der Waals surface area contributed by atoms with Gasteiger partial charge in [-0.3, -0.25) is 9.59 Å². The van der Waals surface area contributed by atoms with Crippen LogP contribution < -0.4 is 0 Å². The van der Waals surface area contributed by atoms with Crippen LogP contribution in [-0.4, -0.2) is 18.9 Å². The molecule has 0 radical (unpaired) electrons. The van der Waals surface area contributed by atoms with Gasteiger partial charge in [0.2, 0.25) is 0 Å². The maximum atomic E-state index is 11.5.